The Morgan fingerprint density at radius 3 is 3.04 bits per heavy atom. The van der Waals surface area contributed by atoms with Gasteiger partial charge in [0.15, 0.2) is 0 Å². The molecule has 4 atom stereocenters. The predicted molar refractivity (Wildman–Crippen MR) is 107 cm³/mol. The molecular formula is C22H24N4O2. The van der Waals surface area contributed by atoms with E-state index in [-0.39, 0.29) is 17.6 Å². The van der Waals surface area contributed by atoms with Gasteiger partial charge >= 0.3 is 0 Å². The number of fused-ring (bicyclic) bond motifs is 1. The SMILES string of the molecule is C=Cc1ccc(N2C[C@@H]3[C@H](CNC(=O)c4ccccn4)[C@H]4CC[C@]3(C2)O4)nc1. The standard InChI is InChI=1S/C22H24N4O2/c1-2-15-6-7-20(24-11-15)26-13-17-16(19-8-9-22(17,14-26)28-19)12-25-21(27)18-5-3-4-10-23-18/h2-7,10-11,16-17,19H,1,8-9,12-14H2,(H,25,27)/t16-,17+,19+,22+/m0/s1. The number of carbonyl (C=O) groups excluding carboxylic acids is 1. The van der Waals surface area contributed by atoms with Crippen molar-refractivity contribution in [2.75, 3.05) is 24.5 Å². The van der Waals surface area contributed by atoms with E-state index < -0.39 is 0 Å². The van der Waals surface area contributed by atoms with E-state index in [0.29, 0.717) is 24.1 Å². The number of amides is 1. The maximum Gasteiger partial charge on any atom is 0.269 e. The molecule has 0 unspecified atom stereocenters. The first-order valence-electron chi connectivity index (χ1n) is 9.89. The van der Waals surface area contributed by atoms with Crippen molar-refractivity contribution in [3.8, 4) is 0 Å². The van der Waals surface area contributed by atoms with Crippen molar-refractivity contribution in [3.05, 3.63) is 60.6 Å². The van der Waals surface area contributed by atoms with Crippen LogP contribution >= 0.6 is 0 Å². The molecule has 2 aromatic rings. The number of anilines is 1. The van der Waals surface area contributed by atoms with Crippen LogP contribution in [0, 0.1) is 11.8 Å². The van der Waals surface area contributed by atoms with Crippen molar-refractivity contribution in [1.82, 2.24) is 15.3 Å². The summed E-state index contributed by atoms with van der Waals surface area (Å²) in [6.07, 6.45) is 7.71. The number of pyridine rings is 2. The summed E-state index contributed by atoms with van der Waals surface area (Å²) >= 11 is 0. The monoisotopic (exact) mass is 376 g/mol. The molecule has 2 aromatic heterocycles. The van der Waals surface area contributed by atoms with Crippen molar-refractivity contribution in [1.29, 1.82) is 0 Å². The summed E-state index contributed by atoms with van der Waals surface area (Å²) in [5.41, 5.74) is 1.39. The lowest BCUT2D eigenvalue weighted by Crippen LogP contribution is -2.42. The Labute approximate surface area is 164 Å². The van der Waals surface area contributed by atoms with E-state index in [0.717, 1.165) is 37.3 Å². The van der Waals surface area contributed by atoms with Gasteiger partial charge in [-0.05, 0) is 42.7 Å². The molecule has 0 aromatic carbocycles. The first-order valence-corrected chi connectivity index (χ1v) is 9.89. The molecule has 3 fully saturated rings. The van der Waals surface area contributed by atoms with Gasteiger partial charge in [-0.1, -0.05) is 18.7 Å². The fourth-order valence-electron chi connectivity index (χ4n) is 5.14. The number of hydrogen-bond donors (Lipinski definition) is 1. The molecule has 3 aliphatic heterocycles. The molecule has 6 heteroatoms. The Kier molecular flexibility index (Phi) is 4.16. The van der Waals surface area contributed by atoms with Crippen molar-refractivity contribution in [2.24, 2.45) is 11.8 Å². The first-order chi connectivity index (χ1) is 13.7. The highest BCUT2D eigenvalue weighted by Crippen LogP contribution is 2.55. The second kappa shape index (κ2) is 6.71. The molecule has 2 bridgehead atoms. The molecule has 0 radical (unpaired) electrons. The quantitative estimate of drug-likeness (QED) is 0.869. The third-order valence-corrected chi connectivity index (χ3v) is 6.51. The summed E-state index contributed by atoms with van der Waals surface area (Å²) in [6, 6.07) is 9.48. The van der Waals surface area contributed by atoms with Crippen molar-refractivity contribution < 1.29 is 9.53 Å². The zero-order chi connectivity index (χ0) is 19.1. The van der Waals surface area contributed by atoms with Crippen molar-refractivity contribution in [3.63, 3.8) is 0 Å². The van der Waals surface area contributed by atoms with Crippen molar-refractivity contribution in [2.45, 2.75) is 24.5 Å². The largest absolute Gasteiger partial charge is 0.369 e. The smallest absolute Gasteiger partial charge is 0.269 e. The highest BCUT2D eigenvalue weighted by Gasteiger charge is 2.63. The lowest BCUT2D eigenvalue weighted by atomic mass is 9.73. The fraction of sp³-hybridized carbons (Fsp3) is 0.409. The summed E-state index contributed by atoms with van der Waals surface area (Å²) in [6.45, 7) is 6.21. The van der Waals surface area contributed by atoms with E-state index in [9.17, 15) is 4.79 Å². The summed E-state index contributed by atoms with van der Waals surface area (Å²) in [5, 5.41) is 3.08. The number of nitrogens with one attached hydrogen (secondary N) is 1. The molecule has 5 rings (SSSR count). The molecule has 3 saturated heterocycles. The van der Waals surface area contributed by atoms with Gasteiger partial charge < -0.3 is 15.0 Å². The summed E-state index contributed by atoms with van der Waals surface area (Å²) in [5.74, 6) is 1.61. The summed E-state index contributed by atoms with van der Waals surface area (Å²) < 4.78 is 6.48. The zero-order valence-electron chi connectivity index (χ0n) is 15.8. The van der Waals surface area contributed by atoms with Gasteiger partial charge in [0, 0.05) is 43.9 Å². The minimum Gasteiger partial charge on any atom is -0.369 e. The van der Waals surface area contributed by atoms with Gasteiger partial charge in [-0.3, -0.25) is 9.78 Å². The third kappa shape index (κ3) is 2.79. The van der Waals surface area contributed by atoms with Crippen LogP contribution in [0.15, 0.2) is 49.3 Å². The predicted octanol–water partition coefficient (Wildman–Crippen LogP) is 2.53. The van der Waals surface area contributed by atoms with Gasteiger partial charge in [-0.25, -0.2) is 4.98 Å². The van der Waals surface area contributed by atoms with E-state index in [1.807, 2.05) is 24.4 Å². The highest BCUT2D eigenvalue weighted by atomic mass is 16.5. The maximum absolute atomic E-state index is 12.4. The second-order valence-corrected chi connectivity index (χ2v) is 7.99. The maximum atomic E-state index is 12.4. The van der Waals surface area contributed by atoms with Crippen LogP contribution in [-0.2, 0) is 4.74 Å². The average molecular weight is 376 g/mol. The number of aromatic nitrogens is 2. The van der Waals surface area contributed by atoms with Crippen LogP contribution in [0.3, 0.4) is 0 Å². The summed E-state index contributed by atoms with van der Waals surface area (Å²) in [4.78, 5) is 23.5. The summed E-state index contributed by atoms with van der Waals surface area (Å²) in [7, 11) is 0. The molecule has 1 amide bonds. The van der Waals surface area contributed by atoms with Crippen LogP contribution in [0.5, 0.6) is 0 Å². The molecule has 28 heavy (non-hydrogen) atoms. The molecule has 144 valence electrons. The third-order valence-electron chi connectivity index (χ3n) is 6.51. The molecule has 0 aliphatic carbocycles. The Balaban J connectivity index is 1.29. The minimum atomic E-state index is -0.117. The lowest BCUT2D eigenvalue weighted by molar-refractivity contribution is 0.0141. The zero-order valence-corrected chi connectivity index (χ0v) is 15.8. The molecule has 1 N–H and O–H groups in total. The van der Waals surface area contributed by atoms with Crippen LogP contribution in [-0.4, -0.2) is 47.2 Å². The first kappa shape index (κ1) is 17.4. The molecular weight excluding hydrogens is 352 g/mol. The Morgan fingerprint density at radius 2 is 2.29 bits per heavy atom. The molecule has 3 aliphatic rings. The van der Waals surface area contributed by atoms with E-state index in [1.165, 1.54) is 0 Å². The Hall–Kier alpha value is -2.73. The van der Waals surface area contributed by atoms with Gasteiger partial charge in [0.2, 0.25) is 0 Å². The molecule has 5 heterocycles. The van der Waals surface area contributed by atoms with Crippen LogP contribution in [0.1, 0.15) is 28.9 Å². The minimum absolute atomic E-state index is 0.0934. The number of ether oxygens (including phenoxy) is 1. The highest BCUT2D eigenvalue weighted by molar-refractivity contribution is 5.92. The van der Waals surface area contributed by atoms with Crippen LogP contribution in [0.25, 0.3) is 6.08 Å². The number of carbonyl (C=O) groups is 1. The van der Waals surface area contributed by atoms with Gasteiger partial charge in [-0.15, -0.1) is 0 Å². The number of hydrogen-bond acceptors (Lipinski definition) is 5. The van der Waals surface area contributed by atoms with Gasteiger partial charge in [0.25, 0.3) is 5.91 Å². The van der Waals surface area contributed by atoms with Crippen molar-refractivity contribution >= 4 is 17.8 Å². The molecule has 0 saturated carbocycles. The van der Waals surface area contributed by atoms with Gasteiger partial charge in [-0.2, -0.15) is 0 Å². The Morgan fingerprint density at radius 1 is 1.36 bits per heavy atom. The van der Waals surface area contributed by atoms with Crippen LogP contribution in [0.2, 0.25) is 0 Å². The van der Waals surface area contributed by atoms with E-state index in [4.69, 9.17) is 4.74 Å². The van der Waals surface area contributed by atoms with Gasteiger partial charge in [0.05, 0.1) is 11.7 Å². The van der Waals surface area contributed by atoms with E-state index >= 15 is 0 Å². The Bertz CT molecular complexity index is 885. The normalized spacial score (nSPS) is 30.3. The van der Waals surface area contributed by atoms with Crippen LogP contribution < -0.4 is 10.2 Å². The van der Waals surface area contributed by atoms with E-state index in [1.54, 1.807) is 18.3 Å². The topological polar surface area (TPSA) is 67.4 Å². The molecule has 6 nitrogen and oxygen atoms in total. The average Bonchev–Trinajstić information content (AvgIpc) is 3.41. The molecule has 1 spiro atoms. The fourth-order valence-corrected chi connectivity index (χ4v) is 5.14. The number of rotatable bonds is 5. The lowest BCUT2D eigenvalue weighted by Gasteiger charge is -2.29. The second-order valence-electron chi connectivity index (χ2n) is 7.99. The van der Waals surface area contributed by atoms with Gasteiger partial charge in [0.1, 0.15) is 11.5 Å². The number of nitrogens with zero attached hydrogens (tertiary/aromatic N) is 3. The van der Waals surface area contributed by atoms with E-state index in [2.05, 4.69) is 32.8 Å². The van der Waals surface area contributed by atoms with Crippen LogP contribution in [0.4, 0.5) is 5.82 Å².